The molecule has 2 heteroatoms. The Morgan fingerprint density at radius 2 is 1.50 bits per heavy atom. The molecule has 0 fully saturated rings. The summed E-state index contributed by atoms with van der Waals surface area (Å²) in [6, 6.07) is 20.2. The van der Waals surface area contributed by atoms with Crippen LogP contribution in [0.5, 0.6) is 0 Å². The van der Waals surface area contributed by atoms with Gasteiger partial charge in [-0.05, 0) is 22.4 Å². The molecule has 1 aromatic heterocycles. The minimum absolute atomic E-state index is 0.0768. The number of rotatable bonds is 0. The highest BCUT2D eigenvalue weighted by Gasteiger charge is 2.28. The summed E-state index contributed by atoms with van der Waals surface area (Å²) in [4.78, 5) is 17.1. The fourth-order valence-electron chi connectivity index (χ4n) is 3.46. The van der Waals surface area contributed by atoms with E-state index in [4.69, 9.17) is 0 Å². The Bertz CT molecular complexity index is 1100. The fraction of sp³-hybridized carbons (Fsp3) is 0. The summed E-state index contributed by atoms with van der Waals surface area (Å²) in [5.41, 5.74) is 4.47. The summed E-state index contributed by atoms with van der Waals surface area (Å²) >= 11 is 0. The van der Waals surface area contributed by atoms with Gasteiger partial charge in [0.15, 0.2) is 5.78 Å². The molecule has 22 heavy (non-hydrogen) atoms. The van der Waals surface area contributed by atoms with E-state index >= 15 is 0 Å². The topological polar surface area (TPSA) is 30.0 Å². The normalized spacial score (nSPS) is 12.6. The van der Waals surface area contributed by atoms with Crippen molar-refractivity contribution in [3.05, 3.63) is 78.0 Å². The van der Waals surface area contributed by atoms with Crippen LogP contribution in [0.1, 0.15) is 15.9 Å². The number of carbonyl (C=O) groups excluding carboxylic acids is 1. The molecule has 1 heterocycles. The van der Waals surface area contributed by atoms with Gasteiger partial charge in [-0.15, -0.1) is 0 Å². The number of ketones is 1. The van der Waals surface area contributed by atoms with E-state index in [1.54, 1.807) is 6.20 Å². The van der Waals surface area contributed by atoms with Crippen molar-refractivity contribution < 1.29 is 4.79 Å². The average Bonchev–Trinajstić information content (AvgIpc) is 2.88. The van der Waals surface area contributed by atoms with Crippen LogP contribution in [-0.4, -0.2) is 10.8 Å². The van der Waals surface area contributed by atoms with Crippen molar-refractivity contribution in [2.45, 2.75) is 0 Å². The smallest absolute Gasteiger partial charge is 0.195 e. The fourth-order valence-corrected chi connectivity index (χ4v) is 3.46. The van der Waals surface area contributed by atoms with Gasteiger partial charge < -0.3 is 0 Å². The van der Waals surface area contributed by atoms with E-state index < -0.39 is 0 Å². The number of benzene rings is 3. The zero-order chi connectivity index (χ0) is 14.7. The Kier molecular flexibility index (Phi) is 2.12. The molecule has 0 spiro atoms. The van der Waals surface area contributed by atoms with Crippen LogP contribution in [0, 0.1) is 0 Å². The summed E-state index contributed by atoms with van der Waals surface area (Å²) in [6.45, 7) is 0. The number of aromatic nitrogens is 1. The van der Waals surface area contributed by atoms with Crippen molar-refractivity contribution in [3.8, 4) is 11.1 Å². The molecular weight excluding hydrogens is 270 g/mol. The van der Waals surface area contributed by atoms with Crippen LogP contribution in [0.15, 0.2) is 66.9 Å². The van der Waals surface area contributed by atoms with Crippen LogP contribution in [0.25, 0.3) is 32.8 Å². The lowest BCUT2D eigenvalue weighted by atomic mass is 9.96. The third-order valence-electron chi connectivity index (χ3n) is 4.44. The van der Waals surface area contributed by atoms with Gasteiger partial charge in [-0.2, -0.15) is 0 Å². The zero-order valence-corrected chi connectivity index (χ0v) is 11.7. The zero-order valence-electron chi connectivity index (χ0n) is 11.7. The molecule has 0 atom stereocenters. The van der Waals surface area contributed by atoms with E-state index in [0.29, 0.717) is 5.56 Å². The number of pyridine rings is 1. The van der Waals surface area contributed by atoms with Gasteiger partial charge in [-0.25, -0.2) is 0 Å². The standard InChI is InChI=1S/C20H11NO/c22-20-15-8-4-3-7-14(15)18-16(20)11-21-17-10-9-12-5-1-2-6-13(12)19(17)18/h1-11H. The molecular formula is C20H11NO. The Balaban J connectivity index is 2.07. The second kappa shape index (κ2) is 4.01. The molecule has 4 aromatic rings. The average molecular weight is 281 g/mol. The van der Waals surface area contributed by atoms with Crippen molar-refractivity contribution in [1.82, 2.24) is 4.98 Å². The third kappa shape index (κ3) is 1.34. The van der Waals surface area contributed by atoms with Crippen LogP contribution < -0.4 is 0 Å². The molecule has 0 saturated heterocycles. The third-order valence-corrected chi connectivity index (χ3v) is 4.44. The van der Waals surface area contributed by atoms with Crippen molar-refractivity contribution >= 4 is 27.5 Å². The molecule has 0 amide bonds. The molecule has 0 bridgehead atoms. The molecule has 0 saturated carbocycles. The van der Waals surface area contributed by atoms with E-state index in [2.05, 4.69) is 23.2 Å². The first-order valence-corrected chi connectivity index (χ1v) is 7.29. The Labute approximate surface area is 127 Å². The second-order valence-electron chi connectivity index (χ2n) is 5.60. The Morgan fingerprint density at radius 1 is 0.727 bits per heavy atom. The number of hydrogen-bond donors (Lipinski definition) is 0. The SMILES string of the molecule is O=C1c2ccccc2-c2c1cnc1ccc3ccccc3c21. The van der Waals surface area contributed by atoms with E-state index in [1.165, 1.54) is 5.39 Å². The largest absolute Gasteiger partial charge is 0.289 e. The van der Waals surface area contributed by atoms with E-state index in [9.17, 15) is 4.79 Å². The highest BCUT2D eigenvalue weighted by molar-refractivity contribution is 6.28. The summed E-state index contributed by atoms with van der Waals surface area (Å²) in [6.07, 6.45) is 1.72. The molecule has 0 N–H and O–H groups in total. The van der Waals surface area contributed by atoms with Gasteiger partial charge >= 0.3 is 0 Å². The molecule has 5 rings (SSSR count). The molecule has 102 valence electrons. The monoisotopic (exact) mass is 281 g/mol. The summed E-state index contributed by atoms with van der Waals surface area (Å²) in [5.74, 6) is 0.0768. The Hall–Kier alpha value is -3.00. The van der Waals surface area contributed by atoms with Gasteiger partial charge in [-0.1, -0.05) is 54.6 Å². The van der Waals surface area contributed by atoms with Crippen LogP contribution >= 0.6 is 0 Å². The van der Waals surface area contributed by atoms with Crippen LogP contribution in [0.4, 0.5) is 0 Å². The van der Waals surface area contributed by atoms with Gasteiger partial charge in [0.2, 0.25) is 0 Å². The summed E-state index contributed by atoms with van der Waals surface area (Å²) in [7, 11) is 0. The summed E-state index contributed by atoms with van der Waals surface area (Å²) < 4.78 is 0. The lowest BCUT2D eigenvalue weighted by Gasteiger charge is -2.08. The highest BCUT2D eigenvalue weighted by atomic mass is 16.1. The van der Waals surface area contributed by atoms with Crippen LogP contribution in [-0.2, 0) is 0 Å². The van der Waals surface area contributed by atoms with Gasteiger partial charge in [-0.3, -0.25) is 9.78 Å². The molecule has 0 radical (unpaired) electrons. The number of fused-ring (bicyclic) bond motifs is 7. The molecule has 0 aliphatic heterocycles. The predicted molar refractivity (Wildman–Crippen MR) is 88.1 cm³/mol. The maximum Gasteiger partial charge on any atom is 0.195 e. The second-order valence-corrected chi connectivity index (χ2v) is 5.60. The van der Waals surface area contributed by atoms with E-state index in [-0.39, 0.29) is 5.78 Å². The number of nitrogens with zero attached hydrogens (tertiary/aromatic N) is 1. The van der Waals surface area contributed by atoms with Crippen molar-refractivity contribution in [1.29, 1.82) is 0 Å². The van der Waals surface area contributed by atoms with Gasteiger partial charge in [0.05, 0.1) is 5.52 Å². The van der Waals surface area contributed by atoms with Crippen LogP contribution in [0.2, 0.25) is 0 Å². The lowest BCUT2D eigenvalue weighted by Crippen LogP contribution is -1.96. The first-order chi connectivity index (χ1) is 10.8. The van der Waals surface area contributed by atoms with Crippen molar-refractivity contribution in [2.75, 3.05) is 0 Å². The van der Waals surface area contributed by atoms with Gasteiger partial charge in [0.25, 0.3) is 0 Å². The molecule has 1 aliphatic rings. The molecule has 1 aliphatic carbocycles. The van der Waals surface area contributed by atoms with E-state index in [0.717, 1.165) is 33.0 Å². The minimum Gasteiger partial charge on any atom is -0.289 e. The van der Waals surface area contributed by atoms with Crippen molar-refractivity contribution in [3.63, 3.8) is 0 Å². The number of carbonyl (C=O) groups is 1. The maximum atomic E-state index is 12.6. The predicted octanol–water partition coefficient (Wildman–Crippen LogP) is 4.60. The molecule has 2 nitrogen and oxygen atoms in total. The van der Waals surface area contributed by atoms with E-state index in [1.807, 2.05) is 42.5 Å². The lowest BCUT2D eigenvalue weighted by molar-refractivity contribution is 0.104. The first kappa shape index (κ1) is 11.6. The van der Waals surface area contributed by atoms with Crippen LogP contribution in [0.3, 0.4) is 0 Å². The minimum atomic E-state index is 0.0768. The van der Waals surface area contributed by atoms with Gasteiger partial charge in [0.1, 0.15) is 0 Å². The highest BCUT2D eigenvalue weighted by Crippen LogP contribution is 2.42. The maximum absolute atomic E-state index is 12.6. The first-order valence-electron chi connectivity index (χ1n) is 7.29. The number of hydrogen-bond acceptors (Lipinski definition) is 2. The summed E-state index contributed by atoms with van der Waals surface area (Å²) in [5, 5.41) is 3.39. The Morgan fingerprint density at radius 3 is 2.41 bits per heavy atom. The molecule has 3 aromatic carbocycles. The quantitative estimate of drug-likeness (QED) is 0.388. The molecule has 0 unspecified atom stereocenters. The van der Waals surface area contributed by atoms with Gasteiger partial charge in [0, 0.05) is 28.3 Å². The van der Waals surface area contributed by atoms with Crippen molar-refractivity contribution in [2.24, 2.45) is 0 Å².